The van der Waals surface area contributed by atoms with Gasteiger partial charge in [-0.05, 0) is 67.7 Å². The Labute approximate surface area is 236 Å². The number of allylic oxidation sites excluding steroid dienone is 2. The van der Waals surface area contributed by atoms with E-state index >= 15 is 0 Å². The first-order valence-electron chi connectivity index (χ1n) is 13.5. The molecule has 7 heteroatoms. The topological polar surface area (TPSA) is 27.7 Å². The zero-order chi connectivity index (χ0) is 28.3. The molecule has 0 rings (SSSR count). The maximum Gasteiger partial charge on any atom is 0.251 e. The summed E-state index contributed by atoms with van der Waals surface area (Å²) >= 11 is 2.40. The number of hydrogen-bond donors (Lipinski definition) is 0. The molecule has 0 amide bonds. The molecule has 0 radical (unpaired) electrons. The molecule has 0 N–H and O–H groups in total. The molecular formula is C28H59IO3Si3. The van der Waals surface area contributed by atoms with Crippen molar-refractivity contribution < 1.29 is 13.3 Å². The van der Waals surface area contributed by atoms with E-state index in [0.29, 0.717) is 0 Å². The molecule has 0 atom stereocenters. The van der Waals surface area contributed by atoms with Crippen LogP contribution in [0.4, 0.5) is 0 Å². The van der Waals surface area contributed by atoms with Crippen molar-refractivity contribution in [1.29, 1.82) is 0 Å². The predicted molar refractivity (Wildman–Crippen MR) is 173 cm³/mol. The molecule has 35 heavy (non-hydrogen) atoms. The highest BCUT2D eigenvalue weighted by Gasteiger charge is 2.44. The number of unbranched alkanes of at least 4 members (excludes halogenated alkanes) is 2. The molecule has 0 fully saturated rings. The van der Waals surface area contributed by atoms with Gasteiger partial charge in [0.15, 0.2) is 9.53 Å². The molecule has 0 aliphatic carbocycles. The van der Waals surface area contributed by atoms with E-state index in [1.54, 1.807) is 0 Å². The summed E-state index contributed by atoms with van der Waals surface area (Å²) in [6.45, 7) is 39.1. The average molecular weight is 655 g/mol. The minimum Gasteiger partial charge on any atom is -0.546 e. The van der Waals surface area contributed by atoms with E-state index in [-0.39, 0.29) is 15.1 Å². The second kappa shape index (κ2) is 12.4. The van der Waals surface area contributed by atoms with Gasteiger partial charge in [0.2, 0.25) is 8.32 Å². The third-order valence-corrected chi connectivity index (χ3v) is 22.6. The van der Waals surface area contributed by atoms with Crippen molar-refractivity contribution in [3.8, 4) is 0 Å². The fourth-order valence-corrected chi connectivity index (χ4v) is 7.99. The lowest BCUT2D eigenvalue weighted by Gasteiger charge is -2.41. The SMILES string of the molecule is CCCCC/C(O[Si](C)(C)C(C)(C)C)=C(C)\C(O[Si](C)(C)C(C)(C)C)=C(/I)O[Si](C)(C)C(C)(C)C. The second-order valence-corrected chi connectivity index (χ2v) is 29.8. The van der Waals surface area contributed by atoms with Crippen molar-refractivity contribution in [2.24, 2.45) is 0 Å². The van der Waals surface area contributed by atoms with Gasteiger partial charge in [0.05, 0.1) is 5.76 Å². The first-order chi connectivity index (χ1) is 15.3. The lowest BCUT2D eigenvalue weighted by atomic mass is 10.1. The summed E-state index contributed by atoms with van der Waals surface area (Å²) in [5.41, 5.74) is 1.12. The number of halogens is 1. The van der Waals surface area contributed by atoms with Crippen molar-refractivity contribution in [3.63, 3.8) is 0 Å². The van der Waals surface area contributed by atoms with E-state index in [1.807, 2.05) is 0 Å². The molecule has 0 bridgehead atoms. The van der Waals surface area contributed by atoms with Crippen molar-refractivity contribution in [1.82, 2.24) is 0 Å². The van der Waals surface area contributed by atoms with Gasteiger partial charge in [0.25, 0.3) is 16.6 Å². The molecule has 208 valence electrons. The molecule has 0 aliphatic rings. The Morgan fingerprint density at radius 2 is 1.00 bits per heavy atom. The standard InChI is InChI=1S/C28H59IO3Si3/c1-18-19-20-21-23(30-33(12,13)26(3,4)5)22(2)24(31-34(14,15)27(6,7)8)25(29)32-35(16,17)28(9,10)11/h18-21H2,1-17H3/b23-22+,25-24-. The molecule has 0 aromatic rings. The summed E-state index contributed by atoms with van der Waals surface area (Å²) in [6, 6.07) is 0. The smallest absolute Gasteiger partial charge is 0.251 e. The van der Waals surface area contributed by atoms with Crippen molar-refractivity contribution in [2.45, 2.75) is 156 Å². The van der Waals surface area contributed by atoms with Gasteiger partial charge in [-0.15, -0.1) is 0 Å². The van der Waals surface area contributed by atoms with Crippen molar-refractivity contribution in [2.75, 3.05) is 0 Å². The molecule has 0 aromatic carbocycles. The van der Waals surface area contributed by atoms with Gasteiger partial charge in [0.1, 0.15) is 0 Å². The summed E-state index contributed by atoms with van der Waals surface area (Å²) in [5.74, 6) is 2.01. The van der Waals surface area contributed by atoms with E-state index in [9.17, 15) is 0 Å². The van der Waals surface area contributed by atoms with E-state index in [2.05, 4.69) is 138 Å². The zero-order valence-electron chi connectivity index (χ0n) is 26.4. The minimum absolute atomic E-state index is 0.0923. The van der Waals surface area contributed by atoms with Crippen molar-refractivity contribution >= 4 is 47.5 Å². The Balaban J connectivity index is 6.96. The number of rotatable bonds is 11. The third kappa shape index (κ3) is 10.2. The van der Waals surface area contributed by atoms with E-state index in [0.717, 1.165) is 33.7 Å². The summed E-state index contributed by atoms with van der Waals surface area (Å²) in [7, 11) is -6.13. The maximum absolute atomic E-state index is 7.06. The summed E-state index contributed by atoms with van der Waals surface area (Å²) in [4.78, 5) is 0. The Kier molecular flexibility index (Phi) is 12.5. The summed E-state index contributed by atoms with van der Waals surface area (Å²) in [5, 5.41) is 0.345. The lowest BCUT2D eigenvalue weighted by molar-refractivity contribution is 0.326. The molecule has 0 spiro atoms. The van der Waals surface area contributed by atoms with Gasteiger partial charge < -0.3 is 13.3 Å². The minimum atomic E-state index is -2.10. The van der Waals surface area contributed by atoms with E-state index in [1.165, 1.54) is 12.8 Å². The van der Waals surface area contributed by atoms with Gasteiger partial charge in [0, 0.05) is 34.6 Å². The summed E-state index contributed by atoms with van der Waals surface area (Å²) < 4.78 is 21.8. The molecule has 0 unspecified atom stereocenters. The van der Waals surface area contributed by atoms with Crippen molar-refractivity contribution in [3.05, 3.63) is 20.9 Å². The van der Waals surface area contributed by atoms with Crippen LogP contribution in [0.5, 0.6) is 0 Å². The largest absolute Gasteiger partial charge is 0.546 e. The fraction of sp³-hybridized carbons (Fsp3) is 0.857. The Hall–Kier alpha value is 0.261. The van der Waals surface area contributed by atoms with Crippen LogP contribution in [-0.2, 0) is 13.3 Å². The Morgan fingerprint density at radius 1 is 0.629 bits per heavy atom. The van der Waals surface area contributed by atoms with Crippen LogP contribution in [0.25, 0.3) is 0 Å². The van der Waals surface area contributed by atoms with Crippen LogP contribution in [0.15, 0.2) is 20.9 Å². The van der Waals surface area contributed by atoms with Gasteiger partial charge in [-0.2, -0.15) is 0 Å². The molecular weight excluding hydrogens is 595 g/mol. The normalized spacial score (nSPS) is 15.9. The molecule has 0 saturated carbocycles. The molecule has 0 heterocycles. The first-order valence-corrected chi connectivity index (χ1v) is 23.3. The fourth-order valence-electron chi connectivity index (χ4n) is 2.53. The quantitative estimate of drug-likeness (QED) is 0.0729. The molecule has 0 saturated heterocycles. The second-order valence-electron chi connectivity index (χ2n) is 14.7. The van der Waals surface area contributed by atoms with Gasteiger partial charge in [-0.1, -0.05) is 82.1 Å². The van der Waals surface area contributed by atoms with Crippen LogP contribution >= 0.6 is 22.6 Å². The average Bonchev–Trinajstić information content (AvgIpc) is 2.61. The lowest BCUT2D eigenvalue weighted by Crippen LogP contribution is -2.43. The van der Waals surface area contributed by atoms with Crippen LogP contribution in [-0.4, -0.2) is 25.0 Å². The van der Waals surface area contributed by atoms with E-state index in [4.69, 9.17) is 13.3 Å². The third-order valence-electron chi connectivity index (χ3n) is 8.44. The zero-order valence-corrected chi connectivity index (χ0v) is 31.6. The van der Waals surface area contributed by atoms with Gasteiger partial charge in [-0.25, -0.2) is 0 Å². The maximum atomic E-state index is 7.06. The van der Waals surface area contributed by atoms with Crippen LogP contribution in [0.3, 0.4) is 0 Å². The summed E-state index contributed by atoms with van der Waals surface area (Å²) in [6.07, 6.45) is 4.48. The van der Waals surface area contributed by atoms with Crippen LogP contribution < -0.4 is 0 Å². The molecule has 3 nitrogen and oxygen atoms in total. The first kappa shape index (κ1) is 35.3. The number of hydrogen-bond acceptors (Lipinski definition) is 3. The Morgan fingerprint density at radius 3 is 1.37 bits per heavy atom. The highest BCUT2D eigenvalue weighted by atomic mass is 127. The molecule has 0 aliphatic heterocycles. The van der Waals surface area contributed by atoms with Gasteiger partial charge in [-0.3, -0.25) is 0 Å². The highest BCUT2D eigenvalue weighted by molar-refractivity contribution is 14.1. The highest BCUT2D eigenvalue weighted by Crippen LogP contribution is 2.45. The van der Waals surface area contributed by atoms with E-state index < -0.39 is 25.0 Å². The van der Waals surface area contributed by atoms with Crippen LogP contribution in [0, 0.1) is 0 Å². The Bertz CT molecular complexity index is 762. The monoisotopic (exact) mass is 654 g/mol. The molecule has 0 aromatic heterocycles. The van der Waals surface area contributed by atoms with Crippen LogP contribution in [0.2, 0.25) is 54.4 Å². The van der Waals surface area contributed by atoms with Gasteiger partial charge >= 0.3 is 0 Å². The predicted octanol–water partition coefficient (Wildman–Crippen LogP) is 11.5. The van der Waals surface area contributed by atoms with Crippen LogP contribution in [0.1, 0.15) is 102 Å².